The van der Waals surface area contributed by atoms with E-state index < -0.39 is 0 Å². The molecule has 3 nitrogen and oxygen atoms in total. The molecule has 1 N–H and O–H groups in total. The number of rotatable bonds is 8. The monoisotopic (exact) mass is 349 g/mol. The summed E-state index contributed by atoms with van der Waals surface area (Å²) in [5.41, 5.74) is 2.28. The van der Waals surface area contributed by atoms with E-state index >= 15 is 0 Å². The second-order valence-electron chi connectivity index (χ2n) is 5.05. The van der Waals surface area contributed by atoms with Gasteiger partial charge in [0, 0.05) is 29.5 Å². The van der Waals surface area contributed by atoms with E-state index in [0.29, 0.717) is 13.0 Å². The molecule has 0 radical (unpaired) electrons. The average molecular weight is 350 g/mol. The molecule has 0 unspecified atom stereocenters. The van der Waals surface area contributed by atoms with Gasteiger partial charge < -0.3 is 10.1 Å². The minimum absolute atomic E-state index is 0.0735. The van der Waals surface area contributed by atoms with Crippen LogP contribution in [0.4, 0.5) is 0 Å². The summed E-state index contributed by atoms with van der Waals surface area (Å²) in [5.74, 6) is 2.59. The molecular weight excluding hydrogens is 330 g/mol. The van der Waals surface area contributed by atoms with Gasteiger partial charge in [0.25, 0.3) is 0 Å². The third-order valence-electron chi connectivity index (χ3n) is 3.30. The smallest absolute Gasteiger partial charge is 0.221 e. The highest BCUT2D eigenvalue weighted by Gasteiger charge is 2.02. The number of methoxy groups -OCH3 is 1. The Labute approximate surface area is 146 Å². The Morgan fingerprint density at radius 1 is 1.09 bits per heavy atom. The van der Waals surface area contributed by atoms with Gasteiger partial charge in [-0.05, 0) is 35.4 Å². The number of amides is 1. The molecule has 2 rings (SSSR count). The van der Waals surface area contributed by atoms with Crippen LogP contribution in [0.25, 0.3) is 0 Å². The van der Waals surface area contributed by atoms with Gasteiger partial charge in [0.15, 0.2) is 0 Å². The minimum Gasteiger partial charge on any atom is -0.497 e. The third kappa shape index (κ3) is 6.55. The summed E-state index contributed by atoms with van der Waals surface area (Å²) in [7, 11) is 1.64. The maximum atomic E-state index is 11.8. The van der Waals surface area contributed by atoms with Gasteiger partial charge in [-0.25, -0.2) is 0 Å². The van der Waals surface area contributed by atoms with Crippen LogP contribution in [0.2, 0.25) is 5.02 Å². The first-order chi connectivity index (χ1) is 11.2. The molecule has 23 heavy (non-hydrogen) atoms. The fourth-order valence-electron chi connectivity index (χ4n) is 1.97. The van der Waals surface area contributed by atoms with Gasteiger partial charge >= 0.3 is 0 Å². The summed E-state index contributed by atoms with van der Waals surface area (Å²) in [6.45, 7) is 0.546. The van der Waals surface area contributed by atoms with Crippen molar-refractivity contribution in [3.8, 4) is 5.75 Å². The summed E-state index contributed by atoms with van der Waals surface area (Å²) in [6, 6.07) is 15.5. The molecule has 0 heterocycles. The first-order valence-electron chi connectivity index (χ1n) is 7.39. The lowest BCUT2D eigenvalue weighted by molar-refractivity contribution is -0.120. The Bertz CT molecular complexity index is 614. The number of hydrogen-bond acceptors (Lipinski definition) is 3. The van der Waals surface area contributed by atoms with Crippen LogP contribution >= 0.6 is 23.4 Å². The number of hydrogen-bond donors (Lipinski definition) is 1. The predicted octanol–water partition coefficient (Wildman–Crippen LogP) is 4.29. The number of nitrogens with one attached hydrogen (secondary N) is 1. The van der Waals surface area contributed by atoms with Crippen LogP contribution in [-0.2, 0) is 17.1 Å². The van der Waals surface area contributed by atoms with Gasteiger partial charge in [0.1, 0.15) is 5.75 Å². The van der Waals surface area contributed by atoms with Gasteiger partial charge in [-0.2, -0.15) is 11.8 Å². The van der Waals surface area contributed by atoms with Gasteiger partial charge in [0.2, 0.25) is 5.91 Å². The van der Waals surface area contributed by atoms with Gasteiger partial charge in [-0.3, -0.25) is 4.79 Å². The van der Waals surface area contributed by atoms with Crippen LogP contribution in [0.5, 0.6) is 5.75 Å². The quantitative estimate of drug-likeness (QED) is 0.722. The molecule has 5 heteroatoms. The largest absolute Gasteiger partial charge is 0.497 e. The molecule has 0 bridgehead atoms. The van der Waals surface area contributed by atoms with E-state index in [1.165, 1.54) is 5.56 Å². The lowest BCUT2D eigenvalue weighted by atomic mass is 10.2. The van der Waals surface area contributed by atoms with E-state index in [-0.39, 0.29) is 5.91 Å². The van der Waals surface area contributed by atoms with Crippen LogP contribution in [0, 0.1) is 0 Å². The third-order valence-corrected chi connectivity index (χ3v) is 4.59. The van der Waals surface area contributed by atoms with E-state index in [9.17, 15) is 4.79 Å². The van der Waals surface area contributed by atoms with E-state index in [2.05, 4.69) is 5.32 Å². The maximum absolute atomic E-state index is 11.8. The summed E-state index contributed by atoms with van der Waals surface area (Å²) in [6.07, 6.45) is 0.522. The summed E-state index contributed by atoms with van der Waals surface area (Å²) >= 11 is 7.60. The van der Waals surface area contributed by atoms with Gasteiger partial charge in [-0.15, -0.1) is 0 Å². The summed E-state index contributed by atoms with van der Waals surface area (Å²) in [5, 5.41) is 3.68. The molecule has 0 aromatic heterocycles. The predicted molar refractivity (Wildman–Crippen MR) is 97.1 cm³/mol. The summed E-state index contributed by atoms with van der Waals surface area (Å²) < 4.78 is 5.11. The second-order valence-corrected chi connectivity index (χ2v) is 6.60. The maximum Gasteiger partial charge on any atom is 0.221 e. The van der Waals surface area contributed by atoms with Crippen molar-refractivity contribution in [2.45, 2.75) is 18.7 Å². The van der Waals surface area contributed by atoms with Crippen molar-refractivity contribution in [2.75, 3.05) is 12.9 Å². The number of ether oxygens (including phenoxy) is 1. The number of carbonyl (C=O) groups excluding carboxylic acids is 1. The van der Waals surface area contributed by atoms with Crippen molar-refractivity contribution in [1.29, 1.82) is 0 Å². The summed E-state index contributed by atoms with van der Waals surface area (Å²) in [4.78, 5) is 11.8. The topological polar surface area (TPSA) is 38.3 Å². The zero-order valence-corrected chi connectivity index (χ0v) is 14.6. The van der Waals surface area contributed by atoms with Crippen molar-refractivity contribution in [3.05, 3.63) is 64.7 Å². The van der Waals surface area contributed by atoms with Crippen LogP contribution in [0.3, 0.4) is 0 Å². The molecule has 122 valence electrons. The van der Waals surface area contributed by atoms with E-state index in [1.54, 1.807) is 18.9 Å². The minimum atomic E-state index is 0.0735. The highest BCUT2D eigenvalue weighted by molar-refractivity contribution is 7.98. The van der Waals surface area contributed by atoms with Crippen LogP contribution in [0.15, 0.2) is 48.5 Å². The molecule has 0 saturated heterocycles. The lowest BCUT2D eigenvalue weighted by Crippen LogP contribution is -2.22. The highest BCUT2D eigenvalue weighted by atomic mass is 35.5. The zero-order chi connectivity index (χ0) is 16.5. The molecule has 0 aliphatic carbocycles. The Morgan fingerprint density at radius 2 is 1.74 bits per heavy atom. The van der Waals surface area contributed by atoms with Crippen LogP contribution in [0.1, 0.15) is 17.5 Å². The molecule has 0 atom stereocenters. The molecule has 0 spiro atoms. The average Bonchev–Trinajstić information content (AvgIpc) is 2.59. The molecule has 0 aliphatic heterocycles. The first kappa shape index (κ1) is 17.7. The fourth-order valence-corrected chi connectivity index (χ4v) is 3.00. The number of halogens is 1. The molecule has 0 fully saturated rings. The van der Waals surface area contributed by atoms with Crippen molar-refractivity contribution >= 4 is 29.3 Å². The van der Waals surface area contributed by atoms with Crippen molar-refractivity contribution < 1.29 is 9.53 Å². The molecule has 0 aliphatic rings. The molecule has 0 saturated carbocycles. The second kappa shape index (κ2) is 9.48. The zero-order valence-electron chi connectivity index (χ0n) is 13.0. The lowest BCUT2D eigenvalue weighted by Gasteiger charge is -2.06. The standard InChI is InChI=1S/C18H20ClNO2S/c1-22-17-8-4-14(5-9-17)12-20-18(21)10-11-23-13-15-2-6-16(19)7-3-15/h2-9H,10-13H2,1H3,(H,20,21). The Hall–Kier alpha value is -1.65. The van der Waals surface area contributed by atoms with Crippen LogP contribution in [-0.4, -0.2) is 18.8 Å². The Kier molecular flexibility index (Phi) is 7.30. The normalized spacial score (nSPS) is 10.3. The number of benzene rings is 2. The van der Waals surface area contributed by atoms with Crippen molar-refractivity contribution in [1.82, 2.24) is 5.32 Å². The van der Waals surface area contributed by atoms with Gasteiger partial charge in [0.05, 0.1) is 7.11 Å². The SMILES string of the molecule is COc1ccc(CNC(=O)CCSCc2ccc(Cl)cc2)cc1. The van der Waals surface area contributed by atoms with E-state index in [4.69, 9.17) is 16.3 Å². The highest BCUT2D eigenvalue weighted by Crippen LogP contribution is 2.16. The molecule has 2 aromatic carbocycles. The van der Waals surface area contributed by atoms with Gasteiger partial charge in [-0.1, -0.05) is 35.9 Å². The molecular formula is C18H20ClNO2S. The fraction of sp³-hybridized carbons (Fsp3) is 0.278. The molecule has 2 aromatic rings. The van der Waals surface area contributed by atoms with Crippen molar-refractivity contribution in [3.63, 3.8) is 0 Å². The molecule has 1 amide bonds. The first-order valence-corrected chi connectivity index (χ1v) is 8.92. The Balaban J connectivity index is 1.62. The Morgan fingerprint density at radius 3 is 2.39 bits per heavy atom. The van der Waals surface area contributed by atoms with E-state index in [0.717, 1.165) is 27.8 Å². The van der Waals surface area contributed by atoms with Crippen molar-refractivity contribution in [2.24, 2.45) is 0 Å². The number of thioether (sulfide) groups is 1. The van der Waals surface area contributed by atoms with Crippen LogP contribution < -0.4 is 10.1 Å². The van der Waals surface area contributed by atoms with E-state index in [1.807, 2.05) is 48.5 Å². The number of carbonyl (C=O) groups is 1.